The zero-order chi connectivity index (χ0) is 10.8. The smallest absolute Gasteiger partial charge is 0.340 e. The van der Waals surface area contributed by atoms with Crippen LogP contribution in [0.15, 0.2) is 24.3 Å². The summed E-state index contributed by atoms with van der Waals surface area (Å²) >= 11 is 0. The van der Waals surface area contributed by atoms with Crippen LogP contribution in [0.1, 0.15) is 10.4 Å². The summed E-state index contributed by atoms with van der Waals surface area (Å²) in [6.45, 7) is -0.164. The first kappa shape index (κ1) is 9.51. The monoisotopic (exact) mass is 207 g/mol. The molecule has 0 radical (unpaired) electrons. The lowest BCUT2D eigenvalue weighted by atomic mass is 10.2. The zero-order valence-electron chi connectivity index (χ0n) is 7.77. The van der Waals surface area contributed by atoms with Gasteiger partial charge in [-0.25, -0.2) is 9.59 Å². The van der Waals surface area contributed by atoms with E-state index in [-0.39, 0.29) is 6.61 Å². The molecule has 0 amide bonds. The van der Waals surface area contributed by atoms with Crippen molar-refractivity contribution in [2.75, 3.05) is 11.9 Å². The molecule has 0 saturated heterocycles. The van der Waals surface area contributed by atoms with Gasteiger partial charge in [0.2, 0.25) is 0 Å². The highest BCUT2D eigenvalue weighted by Crippen LogP contribution is 2.20. The van der Waals surface area contributed by atoms with Crippen molar-refractivity contribution >= 4 is 17.6 Å². The second-order valence-electron chi connectivity index (χ2n) is 3.18. The van der Waals surface area contributed by atoms with Crippen LogP contribution in [0.2, 0.25) is 0 Å². The number of hydrogen-bond acceptors (Lipinski definition) is 4. The number of rotatable bonds is 1. The molecule has 15 heavy (non-hydrogen) atoms. The first-order valence-corrected chi connectivity index (χ1v) is 4.44. The van der Waals surface area contributed by atoms with Gasteiger partial charge in [0.25, 0.3) is 0 Å². The maximum atomic E-state index is 11.4. The van der Waals surface area contributed by atoms with Crippen molar-refractivity contribution in [2.45, 2.75) is 6.04 Å². The molecule has 0 aromatic heterocycles. The van der Waals surface area contributed by atoms with E-state index in [9.17, 15) is 9.59 Å². The van der Waals surface area contributed by atoms with Crippen molar-refractivity contribution in [3.05, 3.63) is 29.8 Å². The molecule has 5 heteroatoms. The van der Waals surface area contributed by atoms with Crippen LogP contribution in [0.5, 0.6) is 0 Å². The predicted octanol–water partition coefficient (Wildman–Crippen LogP) is 0.722. The minimum absolute atomic E-state index is 0.164. The van der Waals surface area contributed by atoms with E-state index in [1.165, 1.54) is 0 Å². The average Bonchev–Trinajstić information content (AvgIpc) is 2.39. The van der Waals surface area contributed by atoms with E-state index in [0.717, 1.165) is 0 Å². The number of fused-ring (bicyclic) bond motifs is 1. The summed E-state index contributed by atoms with van der Waals surface area (Å²) in [5.41, 5.74) is 0.855. The van der Waals surface area contributed by atoms with Crippen molar-refractivity contribution in [2.24, 2.45) is 0 Å². The molecule has 0 aliphatic carbocycles. The molecule has 1 heterocycles. The van der Waals surface area contributed by atoms with Gasteiger partial charge in [0.15, 0.2) is 6.04 Å². The second kappa shape index (κ2) is 3.61. The Morgan fingerprint density at radius 1 is 1.47 bits per heavy atom. The minimum atomic E-state index is -1.04. The summed E-state index contributed by atoms with van der Waals surface area (Å²) < 4.78 is 4.82. The Bertz CT molecular complexity index is 416. The summed E-state index contributed by atoms with van der Waals surface area (Å²) in [5, 5.41) is 11.6. The third-order valence-electron chi connectivity index (χ3n) is 2.16. The Morgan fingerprint density at radius 2 is 2.20 bits per heavy atom. The van der Waals surface area contributed by atoms with Crippen molar-refractivity contribution in [1.29, 1.82) is 0 Å². The predicted molar refractivity (Wildman–Crippen MR) is 51.8 cm³/mol. The van der Waals surface area contributed by atoms with Gasteiger partial charge in [0.05, 0.1) is 5.56 Å². The van der Waals surface area contributed by atoms with Crippen molar-refractivity contribution in [3.63, 3.8) is 0 Å². The Morgan fingerprint density at radius 3 is 2.93 bits per heavy atom. The zero-order valence-corrected chi connectivity index (χ0v) is 7.77. The number of carbonyl (C=O) groups excluding carboxylic acids is 1. The number of carboxylic acid groups (broad SMARTS) is 1. The molecular formula is C10H9NO4. The fourth-order valence-corrected chi connectivity index (χ4v) is 1.39. The lowest BCUT2D eigenvalue weighted by Crippen LogP contribution is -2.32. The van der Waals surface area contributed by atoms with Crippen LogP contribution in [0.4, 0.5) is 5.69 Å². The van der Waals surface area contributed by atoms with Crippen LogP contribution in [-0.2, 0) is 9.53 Å². The average molecular weight is 207 g/mol. The Hall–Kier alpha value is -2.04. The van der Waals surface area contributed by atoms with Gasteiger partial charge < -0.3 is 15.2 Å². The van der Waals surface area contributed by atoms with Gasteiger partial charge >= 0.3 is 11.9 Å². The van der Waals surface area contributed by atoms with Gasteiger partial charge in [-0.05, 0) is 12.1 Å². The van der Waals surface area contributed by atoms with E-state index in [4.69, 9.17) is 9.84 Å². The number of carboxylic acids is 1. The van der Waals surface area contributed by atoms with E-state index >= 15 is 0 Å². The molecule has 0 bridgehead atoms. The Labute approximate surface area is 85.7 Å². The number of carbonyl (C=O) groups is 2. The van der Waals surface area contributed by atoms with Crippen LogP contribution in [0.25, 0.3) is 0 Å². The molecule has 1 unspecified atom stereocenters. The summed E-state index contributed by atoms with van der Waals surface area (Å²) in [5.74, 6) is -1.54. The number of anilines is 1. The third-order valence-corrected chi connectivity index (χ3v) is 2.16. The van der Waals surface area contributed by atoms with Gasteiger partial charge in [-0.1, -0.05) is 12.1 Å². The molecular weight excluding hydrogens is 198 g/mol. The van der Waals surface area contributed by atoms with E-state index in [1.54, 1.807) is 24.3 Å². The summed E-state index contributed by atoms with van der Waals surface area (Å²) in [4.78, 5) is 22.2. The SMILES string of the molecule is O=C1OCC(C(=O)O)Nc2ccccc21. The second-order valence-corrected chi connectivity index (χ2v) is 3.18. The number of para-hydroxylation sites is 1. The summed E-state index contributed by atoms with van der Waals surface area (Å²) in [6, 6.07) is 5.77. The minimum Gasteiger partial charge on any atom is -0.480 e. The van der Waals surface area contributed by atoms with Crippen LogP contribution in [-0.4, -0.2) is 29.7 Å². The molecule has 2 N–H and O–H groups in total. The van der Waals surface area contributed by atoms with Crippen molar-refractivity contribution in [1.82, 2.24) is 0 Å². The van der Waals surface area contributed by atoms with Gasteiger partial charge in [-0.3, -0.25) is 0 Å². The molecule has 0 spiro atoms. The Kier molecular flexibility index (Phi) is 2.29. The molecule has 1 aliphatic heterocycles. The first-order valence-electron chi connectivity index (χ1n) is 4.44. The highest BCUT2D eigenvalue weighted by atomic mass is 16.5. The largest absolute Gasteiger partial charge is 0.480 e. The quantitative estimate of drug-likeness (QED) is 0.663. The van der Waals surface area contributed by atoms with Gasteiger partial charge in [-0.2, -0.15) is 0 Å². The molecule has 2 rings (SSSR count). The number of ether oxygens (including phenoxy) is 1. The maximum absolute atomic E-state index is 11.4. The van der Waals surface area contributed by atoms with Gasteiger partial charge in [0, 0.05) is 5.69 Å². The molecule has 0 fully saturated rings. The molecule has 0 saturated carbocycles. The number of benzene rings is 1. The van der Waals surface area contributed by atoms with Crippen LogP contribution in [0, 0.1) is 0 Å². The normalized spacial score (nSPS) is 19.5. The number of esters is 1. The highest BCUT2D eigenvalue weighted by molar-refractivity contribution is 5.97. The van der Waals surface area contributed by atoms with E-state index in [1.807, 2.05) is 0 Å². The topological polar surface area (TPSA) is 75.6 Å². The van der Waals surface area contributed by atoms with Crippen LogP contribution in [0.3, 0.4) is 0 Å². The number of cyclic esters (lactones) is 1. The lowest BCUT2D eigenvalue weighted by molar-refractivity contribution is -0.138. The number of hydrogen-bond donors (Lipinski definition) is 2. The van der Waals surface area contributed by atoms with Crippen molar-refractivity contribution in [3.8, 4) is 0 Å². The molecule has 78 valence electrons. The first-order chi connectivity index (χ1) is 7.18. The van der Waals surface area contributed by atoms with E-state index < -0.39 is 18.0 Å². The molecule has 1 atom stereocenters. The molecule has 5 nitrogen and oxygen atoms in total. The van der Waals surface area contributed by atoms with E-state index in [0.29, 0.717) is 11.3 Å². The fraction of sp³-hybridized carbons (Fsp3) is 0.200. The number of nitrogens with one attached hydrogen (secondary N) is 1. The molecule has 1 aromatic carbocycles. The van der Waals surface area contributed by atoms with Gasteiger partial charge in [-0.15, -0.1) is 0 Å². The molecule has 1 aromatic rings. The van der Waals surface area contributed by atoms with Crippen LogP contribution >= 0.6 is 0 Å². The highest BCUT2D eigenvalue weighted by Gasteiger charge is 2.26. The number of aliphatic carboxylic acids is 1. The fourth-order valence-electron chi connectivity index (χ4n) is 1.39. The molecule has 1 aliphatic rings. The van der Waals surface area contributed by atoms with Gasteiger partial charge in [0.1, 0.15) is 6.61 Å². The summed E-state index contributed by atoms with van der Waals surface area (Å²) in [7, 11) is 0. The summed E-state index contributed by atoms with van der Waals surface area (Å²) in [6.07, 6.45) is 0. The van der Waals surface area contributed by atoms with Crippen LogP contribution < -0.4 is 5.32 Å². The third kappa shape index (κ3) is 1.76. The Balaban J connectivity index is 2.38. The van der Waals surface area contributed by atoms with E-state index in [2.05, 4.69) is 5.32 Å². The maximum Gasteiger partial charge on any atom is 0.340 e. The van der Waals surface area contributed by atoms with Crippen molar-refractivity contribution < 1.29 is 19.4 Å². The lowest BCUT2D eigenvalue weighted by Gasteiger charge is -2.11. The standard InChI is InChI=1S/C10H9NO4/c12-9(13)8-5-15-10(14)6-3-1-2-4-7(6)11-8/h1-4,8,11H,5H2,(H,12,13).